The van der Waals surface area contributed by atoms with E-state index in [0.29, 0.717) is 47.9 Å². The van der Waals surface area contributed by atoms with Crippen LogP contribution in [0.15, 0.2) is 78.4 Å². The van der Waals surface area contributed by atoms with Gasteiger partial charge in [-0.2, -0.15) is 13.2 Å². The lowest BCUT2D eigenvalue weighted by molar-refractivity contribution is -0.143. The molecule has 0 aliphatic carbocycles. The summed E-state index contributed by atoms with van der Waals surface area (Å²) >= 11 is 0. The average molecular weight is 725 g/mol. The number of nitrogens with one attached hydrogen (secondary N) is 2. The van der Waals surface area contributed by atoms with E-state index in [0.717, 1.165) is 5.56 Å². The first kappa shape index (κ1) is 37.1. The van der Waals surface area contributed by atoms with E-state index in [1.165, 1.54) is 0 Å². The molecule has 0 spiro atoms. The number of ether oxygens (including phenoxy) is 3. The molecular formula is C38H43F3N4O7. The smallest absolute Gasteiger partial charge is 0.405 e. The third-order valence-corrected chi connectivity index (χ3v) is 9.48. The van der Waals surface area contributed by atoms with Crippen molar-refractivity contribution >= 4 is 17.9 Å². The molecule has 3 aromatic carbocycles. The number of carbonyl (C=O) groups excluding carboxylic acids is 2. The molecule has 3 aliphatic heterocycles. The molecule has 1 fully saturated rings. The Morgan fingerprint density at radius 3 is 2.60 bits per heavy atom. The number of alkyl halides is 3. The van der Waals surface area contributed by atoms with E-state index in [-0.39, 0.29) is 44.3 Å². The first-order valence-electron chi connectivity index (χ1n) is 17.2. The van der Waals surface area contributed by atoms with Crippen molar-refractivity contribution in [1.82, 2.24) is 20.4 Å². The zero-order chi connectivity index (χ0) is 36.8. The first-order chi connectivity index (χ1) is 25.0. The van der Waals surface area contributed by atoms with Crippen molar-refractivity contribution in [1.29, 1.82) is 0 Å². The second-order valence-corrected chi connectivity index (χ2v) is 13.3. The molecule has 1 unspecified atom stereocenters. The van der Waals surface area contributed by atoms with Gasteiger partial charge in [0.25, 0.3) is 0 Å². The monoisotopic (exact) mass is 724 g/mol. The second kappa shape index (κ2) is 16.4. The van der Waals surface area contributed by atoms with Crippen LogP contribution in [0.2, 0.25) is 0 Å². The molecule has 0 saturated carbocycles. The normalized spacial score (nSPS) is 22.7. The van der Waals surface area contributed by atoms with Gasteiger partial charge in [0.1, 0.15) is 37.2 Å². The maximum atomic E-state index is 13.8. The predicted molar refractivity (Wildman–Crippen MR) is 186 cm³/mol. The molecule has 11 nitrogen and oxygen atoms in total. The van der Waals surface area contributed by atoms with Gasteiger partial charge in [0, 0.05) is 62.3 Å². The fourth-order valence-corrected chi connectivity index (χ4v) is 6.99. The van der Waals surface area contributed by atoms with Gasteiger partial charge in [-0.25, -0.2) is 0 Å². The van der Waals surface area contributed by atoms with Crippen LogP contribution >= 0.6 is 0 Å². The molecule has 14 heteroatoms. The molecule has 0 aromatic heterocycles. The molecule has 1 saturated heterocycles. The van der Waals surface area contributed by atoms with Crippen LogP contribution in [0.3, 0.4) is 0 Å². The Labute approximate surface area is 300 Å². The Kier molecular flexibility index (Phi) is 11.7. The van der Waals surface area contributed by atoms with E-state index in [2.05, 4.69) is 5.32 Å². The number of hydrogen-bond donors (Lipinski definition) is 4. The molecule has 5 atom stereocenters. The van der Waals surface area contributed by atoms with E-state index in [9.17, 15) is 33.0 Å². The van der Waals surface area contributed by atoms with Gasteiger partial charge in [0.2, 0.25) is 11.8 Å². The van der Waals surface area contributed by atoms with Gasteiger partial charge < -0.3 is 35.1 Å². The van der Waals surface area contributed by atoms with Crippen molar-refractivity contribution < 1.29 is 47.2 Å². The predicted octanol–water partition coefficient (Wildman–Crippen LogP) is 3.11. The summed E-state index contributed by atoms with van der Waals surface area (Å²) in [5.41, 5.74) is 2.54. The fraction of sp³-hybridized carbons (Fsp3) is 0.421. The quantitative estimate of drug-likeness (QED) is 0.208. The Balaban J connectivity index is 1.15. The van der Waals surface area contributed by atoms with E-state index in [4.69, 9.17) is 14.2 Å². The zero-order valence-corrected chi connectivity index (χ0v) is 28.7. The highest BCUT2D eigenvalue weighted by atomic mass is 19.4. The third kappa shape index (κ3) is 9.23. The van der Waals surface area contributed by atoms with Gasteiger partial charge in [-0.1, -0.05) is 60.7 Å². The number of aliphatic hydroxyl groups excluding tert-OH is 2. The topological polar surface area (TPSA) is 133 Å². The number of rotatable bonds is 12. The Hall–Kier alpha value is -4.63. The molecule has 4 N–H and O–H groups in total. The summed E-state index contributed by atoms with van der Waals surface area (Å²) in [7, 11) is 1.56. The number of para-hydroxylation sites is 2. The number of benzene rings is 3. The molecule has 6 rings (SSSR count). The lowest BCUT2D eigenvalue weighted by Crippen LogP contribution is -2.61. The maximum Gasteiger partial charge on any atom is 0.405 e. The van der Waals surface area contributed by atoms with Crippen molar-refractivity contribution in [2.75, 3.05) is 53.0 Å². The molecule has 3 heterocycles. The van der Waals surface area contributed by atoms with Gasteiger partial charge in [-0.3, -0.25) is 19.4 Å². The molecule has 2 amide bonds. The fourth-order valence-electron chi connectivity index (χ4n) is 6.99. The minimum Gasteiger partial charge on any atom is -0.493 e. The van der Waals surface area contributed by atoms with Crippen LogP contribution in [-0.4, -0.2) is 115 Å². The third-order valence-electron chi connectivity index (χ3n) is 9.48. The van der Waals surface area contributed by atoms with Crippen molar-refractivity contribution in [3.05, 3.63) is 95.1 Å². The average Bonchev–Trinajstić information content (AvgIpc) is 3.55. The van der Waals surface area contributed by atoms with Crippen LogP contribution in [0.1, 0.15) is 29.2 Å². The number of carbonyl (C=O) groups is 2. The largest absolute Gasteiger partial charge is 0.493 e. The van der Waals surface area contributed by atoms with Crippen LogP contribution in [0.4, 0.5) is 13.2 Å². The highest BCUT2D eigenvalue weighted by Gasteiger charge is 2.38. The summed E-state index contributed by atoms with van der Waals surface area (Å²) < 4.78 is 56.6. The minimum absolute atomic E-state index is 0.0138. The number of hydrogen-bond acceptors (Lipinski definition) is 9. The number of halogens is 3. The lowest BCUT2D eigenvalue weighted by atomic mass is 9.96. The molecule has 0 bridgehead atoms. The van der Waals surface area contributed by atoms with Crippen LogP contribution in [0.25, 0.3) is 6.08 Å². The number of fused-ring (bicyclic) bond motifs is 2. The minimum atomic E-state index is -4.60. The molecule has 52 heavy (non-hydrogen) atoms. The summed E-state index contributed by atoms with van der Waals surface area (Å²) in [5, 5.41) is 27.1. The van der Waals surface area contributed by atoms with Gasteiger partial charge >= 0.3 is 6.18 Å². The molecule has 278 valence electrons. The van der Waals surface area contributed by atoms with Gasteiger partial charge in [0.05, 0.1) is 19.3 Å². The second-order valence-electron chi connectivity index (χ2n) is 13.3. The number of methoxy groups -OCH3 is 1. The van der Waals surface area contributed by atoms with E-state index < -0.39 is 48.8 Å². The summed E-state index contributed by atoms with van der Waals surface area (Å²) in [6, 6.07) is 20.0. The SMILES string of the molecule is COc1cccc2c1OC(CN1CCN(C[C@@H](O)C/C(=C/c3ccccc3)C(=O)N[C@H]3c4ccccc4OC[C@H]3O)[C@H](C(=O)NCC(F)(F)F)C1)C2. The van der Waals surface area contributed by atoms with E-state index in [1.807, 2.05) is 46.6 Å². The highest BCUT2D eigenvalue weighted by molar-refractivity contribution is 5.98. The van der Waals surface area contributed by atoms with E-state index >= 15 is 0 Å². The highest BCUT2D eigenvalue weighted by Crippen LogP contribution is 2.38. The van der Waals surface area contributed by atoms with Crippen LogP contribution in [0, 0.1) is 0 Å². The molecule has 0 radical (unpaired) electrons. The number of aliphatic hydroxyl groups is 2. The van der Waals surface area contributed by atoms with Crippen LogP contribution in [0.5, 0.6) is 17.2 Å². The summed E-state index contributed by atoms with van der Waals surface area (Å²) in [6.07, 6.45) is -4.89. The van der Waals surface area contributed by atoms with Crippen LogP contribution < -0.4 is 24.8 Å². The lowest BCUT2D eigenvalue weighted by Gasteiger charge is -2.42. The Morgan fingerprint density at radius 1 is 1.06 bits per heavy atom. The number of nitrogens with zero attached hydrogens (tertiary/aromatic N) is 2. The van der Waals surface area contributed by atoms with Crippen molar-refractivity contribution in [3.63, 3.8) is 0 Å². The van der Waals surface area contributed by atoms with Crippen molar-refractivity contribution in [3.8, 4) is 17.2 Å². The van der Waals surface area contributed by atoms with Gasteiger partial charge in [0.15, 0.2) is 11.5 Å². The number of piperazine rings is 1. The van der Waals surface area contributed by atoms with E-state index in [1.54, 1.807) is 54.5 Å². The first-order valence-corrected chi connectivity index (χ1v) is 17.2. The standard InChI is InChI=1S/C38H43F3N4O7/c1-50-33-13-7-10-25-18-28(52-35(25)33)20-44-14-15-45(30(21-44)37(49)42-23-38(39,40)41)19-27(46)17-26(16-24-8-3-2-4-9-24)36(48)43-34-29-11-5-6-12-32(29)51-22-31(34)47/h2-13,16,27-28,30-31,34,46-47H,14-15,17-23H2,1H3,(H,42,49)(H,43,48)/b26-16-/t27-,28?,30-,31+,34-/m0/s1. The van der Waals surface area contributed by atoms with Crippen LogP contribution in [-0.2, 0) is 16.0 Å². The van der Waals surface area contributed by atoms with Gasteiger partial charge in [-0.15, -0.1) is 0 Å². The number of amides is 2. The zero-order valence-electron chi connectivity index (χ0n) is 28.7. The summed E-state index contributed by atoms with van der Waals surface area (Å²) in [4.78, 5) is 30.8. The molecule has 3 aliphatic rings. The van der Waals surface area contributed by atoms with Crippen molar-refractivity contribution in [2.24, 2.45) is 0 Å². The molecular weight excluding hydrogens is 681 g/mol. The van der Waals surface area contributed by atoms with Gasteiger partial charge in [-0.05, 0) is 23.8 Å². The molecule has 3 aromatic rings. The number of β-amino-alcohol motifs (C(OH)–C–C–N with tert-alkyl or cyclic N) is 1. The Morgan fingerprint density at radius 2 is 1.83 bits per heavy atom. The van der Waals surface area contributed by atoms with Crippen molar-refractivity contribution in [2.45, 2.75) is 49.4 Å². The Bertz CT molecular complexity index is 1740. The summed E-state index contributed by atoms with van der Waals surface area (Å²) in [5.74, 6) is 0.504. The maximum absolute atomic E-state index is 13.8. The summed E-state index contributed by atoms with van der Waals surface area (Å²) in [6.45, 7) is -0.287.